The van der Waals surface area contributed by atoms with E-state index in [1.54, 1.807) is 19.3 Å². The molecular formula is C23H30N4O2S. The number of aryl methyl sites for hydroxylation is 1. The third-order valence-corrected chi connectivity index (χ3v) is 7.08. The smallest absolute Gasteiger partial charge is 0.227 e. The van der Waals surface area contributed by atoms with Gasteiger partial charge in [0.15, 0.2) is 0 Å². The number of pyridine rings is 1. The van der Waals surface area contributed by atoms with Crippen LogP contribution in [0.1, 0.15) is 43.3 Å². The molecule has 0 N–H and O–H groups in total. The van der Waals surface area contributed by atoms with Crippen LogP contribution in [-0.2, 0) is 29.3 Å². The zero-order valence-electron chi connectivity index (χ0n) is 17.9. The molecule has 0 radical (unpaired) electrons. The number of benzene rings is 1. The van der Waals surface area contributed by atoms with Crippen molar-refractivity contribution in [2.24, 2.45) is 0 Å². The van der Waals surface area contributed by atoms with Crippen LogP contribution in [0, 0.1) is 0 Å². The molecule has 1 atom stereocenters. The first-order valence-electron chi connectivity index (χ1n) is 10.3. The first kappa shape index (κ1) is 22.2. The van der Waals surface area contributed by atoms with Crippen molar-refractivity contribution in [3.63, 3.8) is 0 Å². The largest absolute Gasteiger partial charge is 0.318 e. The molecule has 1 aromatic carbocycles. The zero-order chi connectivity index (χ0) is 21.6. The Kier molecular flexibility index (Phi) is 7.39. The molecule has 0 spiro atoms. The Labute approximate surface area is 179 Å². The molecule has 0 unspecified atom stereocenters. The van der Waals surface area contributed by atoms with Crippen molar-refractivity contribution >= 4 is 9.84 Å². The summed E-state index contributed by atoms with van der Waals surface area (Å²) in [4.78, 5) is 10.9. The molecule has 0 fully saturated rings. The van der Waals surface area contributed by atoms with E-state index in [4.69, 9.17) is 0 Å². The Morgan fingerprint density at radius 3 is 2.47 bits per heavy atom. The van der Waals surface area contributed by atoms with Crippen molar-refractivity contribution in [3.8, 4) is 0 Å². The van der Waals surface area contributed by atoms with Gasteiger partial charge in [-0.2, -0.15) is 0 Å². The van der Waals surface area contributed by atoms with E-state index in [0.717, 1.165) is 24.2 Å². The van der Waals surface area contributed by atoms with E-state index >= 15 is 0 Å². The lowest BCUT2D eigenvalue weighted by Gasteiger charge is -2.25. The fraction of sp³-hybridized carbons (Fsp3) is 0.391. The third-order valence-electron chi connectivity index (χ3n) is 5.44. The molecule has 0 aliphatic heterocycles. The predicted molar refractivity (Wildman–Crippen MR) is 119 cm³/mol. The van der Waals surface area contributed by atoms with Gasteiger partial charge < -0.3 is 4.57 Å². The van der Waals surface area contributed by atoms with Gasteiger partial charge >= 0.3 is 0 Å². The monoisotopic (exact) mass is 426 g/mol. The molecule has 3 rings (SSSR count). The maximum atomic E-state index is 12.6. The lowest BCUT2D eigenvalue weighted by Crippen LogP contribution is -2.25. The molecule has 3 aromatic rings. The summed E-state index contributed by atoms with van der Waals surface area (Å²) < 4.78 is 27.1. The normalized spacial score (nSPS) is 12.9. The Morgan fingerprint density at radius 1 is 1.07 bits per heavy atom. The SMILES string of the molecule is CCS(=O)(=O)c1ncc(CN(C)[C@H](C)c2ccccn2)n1CCCc1ccccc1. The average molecular weight is 427 g/mol. The number of nitrogens with zero attached hydrogens (tertiary/aromatic N) is 4. The van der Waals surface area contributed by atoms with E-state index in [1.807, 2.05) is 48.0 Å². The molecule has 0 bridgehead atoms. The molecule has 7 heteroatoms. The predicted octanol–water partition coefficient (Wildman–Crippen LogP) is 3.90. The van der Waals surface area contributed by atoms with Crippen molar-refractivity contribution in [2.45, 2.75) is 51.0 Å². The molecule has 160 valence electrons. The Hall–Kier alpha value is -2.51. The Balaban J connectivity index is 1.79. The van der Waals surface area contributed by atoms with Crippen LogP contribution in [0.3, 0.4) is 0 Å². The summed E-state index contributed by atoms with van der Waals surface area (Å²) in [5, 5.41) is 0.173. The minimum absolute atomic E-state index is 0.0440. The van der Waals surface area contributed by atoms with Gasteiger partial charge in [-0.1, -0.05) is 43.3 Å². The summed E-state index contributed by atoms with van der Waals surface area (Å²) in [7, 11) is -1.37. The van der Waals surface area contributed by atoms with Crippen molar-refractivity contribution in [1.29, 1.82) is 0 Å². The summed E-state index contributed by atoms with van der Waals surface area (Å²) in [6.45, 7) is 4.97. The van der Waals surface area contributed by atoms with Crippen LogP contribution >= 0.6 is 0 Å². The van der Waals surface area contributed by atoms with Gasteiger partial charge in [0, 0.05) is 25.3 Å². The second-order valence-electron chi connectivity index (χ2n) is 7.52. The molecule has 30 heavy (non-hydrogen) atoms. The van der Waals surface area contributed by atoms with Crippen LogP contribution in [0.4, 0.5) is 0 Å². The topological polar surface area (TPSA) is 68.1 Å². The number of hydrogen-bond acceptors (Lipinski definition) is 5. The van der Waals surface area contributed by atoms with Crippen LogP contribution < -0.4 is 0 Å². The number of rotatable bonds is 10. The summed E-state index contributed by atoms with van der Waals surface area (Å²) in [5.74, 6) is 0.0440. The molecule has 2 aromatic heterocycles. The zero-order valence-corrected chi connectivity index (χ0v) is 18.7. The van der Waals surface area contributed by atoms with E-state index in [2.05, 4.69) is 33.9 Å². The second kappa shape index (κ2) is 10.00. The lowest BCUT2D eigenvalue weighted by atomic mass is 10.1. The van der Waals surface area contributed by atoms with Crippen LogP contribution in [0.15, 0.2) is 66.1 Å². The fourth-order valence-corrected chi connectivity index (χ4v) is 4.48. The van der Waals surface area contributed by atoms with E-state index in [9.17, 15) is 8.42 Å². The van der Waals surface area contributed by atoms with Gasteiger partial charge in [-0.3, -0.25) is 9.88 Å². The van der Waals surface area contributed by atoms with E-state index in [0.29, 0.717) is 13.1 Å². The van der Waals surface area contributed by atoms with Gasteiger partial charge in [-0.15, -0.1) is 0 Å². The quantitative estimate of drug-likeness (QED) is 0.492. The Morgan fingerprint density at radius 2 is 1.80 bits per heavy atom. The highest BCUT2D eigenvalue weighted by molar-refractivity contribution is 7.91. The van der Waals surface area contributed by atoms with E-state index in [1.165, 1.54) is 5.56 Å². The average Bonchev–Trinajstić information content (AvgIpc) is 3.17. The summed E-state index contributed by atoms with van der Waals surface area (Å²) >= 11 is 0. The third kappa shape index (κ3) is 5.34. The molecule has 0 aliphatic carbocycles. The molecule has 0 saturated heterocycles. The highest BCUT2D eigenvalue weighted by Gasteiger charge is 2.23. The number of hydrogen-bond donors (Lipinski definition) is 0. The van der Waals surface area contributed by atoms with Gasteiger partial charge in [-0.05, 0) is 44.5 Å². The van der Waals surface area contributed by atoms with Gasteiger partial charge in [0.05, 0.1) is 23.3 Å². The molecule has 2 heterocycles. The van der Waals surface area contributed by atoms with Gasteiger partial charge in [-0.25, -0.2) is 13.4 Å². The number of sulfone groups is 1. The van der Waals surface area contributed by atoms with Gasteiger partial charge in [0.1, 0.15) is 0 Å². The molecule has 0 amide bonds. The molecular weight excluding hydrogens is 396 g/mol. The van der Waals surface area contributed by atoms with Crippen LogP contribution in [0.2, 0.25) is 0 Å². The minimum atomic E-state index is -3.39. The molecule has 0 aliphatic rings. The van der Waals surface area contributed by atoms with Crippen LogP contribution in [0.25, 0.3) is 0 Å². The maximum absolute atomic E-state index is 12.6. The first-order valence-corrected chi connectivity index (χ1v) is 12.0. The van der Waals surface area contributed by atoms with Gasteiger partial charge in [0.2, 0.25) is 15.0 Å². The van der Waals surface area contributed by atoms with E-state index < -0.39 is 9.84 Å². The van der Waals surface area contributed by atoms with Gasteiger partial charge in [0.25, 0.3) is 0 Å². The number of imidazole rings is 1. The van der Waals surface area contributed by atoms with Crippen LogP contribution in [-0.4, -0.2) is 40.7 Å². The van der Waals surface area contributed by atoms with E-state index in [-0.39, 0.29) is 17.0 Å². The van der Waals surface area contributed by atoms with Crippen molar-refractivity contribution in [3.05, 3.63) is 77.9 Å². The molecule has 0 saturated carbocycles. The fourth-order valence-electron chi connectivity index (χ4n) is 3.46. The molecule has 6 nitrogen and oxygen atoms in total. The first-order chi connectivity index (χ1) is 14.4. The highest BCUT2D eigenvalue weighted by atomic mass is 32.2. The van der Waals surface area contributed by atoms with Crippen molar-refractivity contribution < 1.29 is 8.42 Å². The maximum Gasteiger partial charge on any atom is 0.227 e. The minimum Gasteiger partial charge on any atom is -0.318 e. The summed E-state index contributed by atoms with van der Waals surface area (Å²) in [5.41, 5.74) is 3.14. The lowest BCUT2D eigenvalue weighted by molar-refractivity contribution is 0.241. The van der Waals surface area contributed by atoms with Crippen molar-refractivity contribution in [1.82, 2.24) is 19.4 Å². The van der Waals surface area contributed by atoms with Crippen molar-refractivity contribution in [2.75, 3.05) is 12.8 Å². The second-order valence-corrected chi connectivity index (χ2v) is 9.69. The summed E-state index contributed by atoms with van der Waals surface area (Å²) in [6, 6.07) is 16.2. The van der Waals surface area contributed by atoms with Crippen LogP contribution in [0.5, 0.6) is 0 Å². The standard InChI is InChI=1S/C23H30N4O2S/c1-4-30(28,29)23-25-17-21(18-26(3)19(2)22-14-8-9-15-24-22)27(23)16-10-13-20-11-6-5-7-12-20/h5-9,11-12,14-15,17,19H,4,10,13,16,18H2,1-3H3/t19-/m1/s1. The number of aromatic nitrogens is 3. The Bertz CT molecular complexity index is 1030. The highest BCUT2D eigenvalue weighted by Crippen LogP contribution is 2.21. The summed E-state index contributed by atoms with van der Waals surface area (Å²) in [6.07, 6.45) is 5.23.